The molecule has 0 aromatic rings. The molecule has 0 rings (SSSR count). The molecule has 0 fully saturated rings. The Morgan fingerprint density at radius 1 is 0.386 bits per heavy atom. The molecule has 0 bridgehead atoms. The Labute approximate surface area is 437 Å². The second-order valence-electron chi connectivity index (χ2n) is 21.7. The first-order valence-corrected chi connectivity index (χ1v) is 31.6. The van der Waals surface area contributed by atoms with Gasteiger partial charge in [-0.3, -0.25) is 9.59 Å². The summed E-state index contributed by atoms with van der Waals surface area (Å²) in [6, 6.07) is -0.581. The summed E-state index contributed by atoms with van der Waals surface area (Å²) in [5, 5.41) is 23.3. The van der Waals surface area contributed by atoms with Crippen molar-refractivity contribution in [3.05, 3.63) is 24.3 Å². The van der Waals surface area contributed by atoms with Crippen LogP contribution in [0.15, 0.2) is 24.3 Å². The molecule has 414 valence electrons. The van der Waals surface area contributed by atoms with E-state index < -0.39 is 12.1 Å². The maximum atomic E-state index is 12.5. The lowest BCUT2D eigenvalue weighted by Crippen LogP contribution is -2.45. The molecule has 0 aromatic heterocycles. The fourth-order valence-electron chi connectivity index (χ4n) is 9.88. The van der Waals surface area contributed by atoms with Gasteiger partial charge in [0.15, 0.2) is 0 Å². The molecule has 3 N–H and O–H groups in total. The number of carbonyl (C=O) groups excluding carboxylic acids is 2. The minimum atomic E-state index is -0.697. The van der Waals surface area contributed by atoms with E-state index in [4.69, 9.17) is 4.74 Å². The van der Waals surface area contributed by atoms with Crippen LogP contribution in [-0.2, 0) is 14.3 Å². The molecular formula is C64H123NO5. The average Bonchev–Trinajstić information content (AvgIpc) is 3.36. The Morgan fingerprint density at radius 2 is 0.686 bits per heavy atom. The zero-order valence-electron chi connectivity index (χ0n) is 47.3. The fourth-order valence-corrected chi connectivity index (χ4v) is 9.88. The Bertz CT molecular complexity index is 1090. The van der Waals surface area contributed by atoms with E-state index in [9.17, 15) is 19.8 Å². The van der Waals surface area contributed by atoms with Crippen LogP contribution >= 0.6 is 0 Å². The largest absolute Gasteiger partial charge is 0.466 e. The summed E-state index contributed by atoms with van der Waals surface area (Å²) in [5.74, 6) is -0.126. The maximum Gasteiger partial charge on any atom is 0.305 e. The standard InChI is InChI=1S/C64H123NO5/c1-3-5-7-9-11-13-15-17-19-21-23-24-25-26-27-28-30-31-33-35-37-40-44-48-52-56-62(67)61(60-66)65-63(68)57-53-49-45-41-39-43-47-51-55-59-70-64(69)58-54-50-46-42-38-36-34-32-29-22-20-18-16-14-12-10-8-6-4-2/h18,20,41,45,61-62,66-67H,3-17,19,21-40,42-44,46-60H2,1-2H3,(H,65,68)/b20-18-,45-41-. The first-order chi connectivity index (χ1) is 34.5. The van der Waals surface area contributed by atoms with Crippen molar-refractivity contribution in [2.24, 2.45) is 0 Å². The third kappa shape index (κ3) is 55.7. The molecule has 2 atom stereocenters. The Kier molecular flexibility index (Phi) is 58.5. The lowest BCUT2D eigenvalue weighted by atomic mass is 10.0. The summed E-state index contributed by atoms with van der Waals surface area (Å²) >= 11 is 0. The van der Waals surface area contributed by atoms with E-state index in [0.29, 0.717) is 25.9 Å². The zero-order chi connectivity index (χ0) is 50.7. The highest BCUT2D eigenvalue weighted by Crippen LogP contribution is 2.18. The number of esters is 1. The molecule has 0 heterocycles. The first kappa shape index (κ1) is 68.3. The van der Waals surface area contributed by atoms with Crippen LogP contribution in [-0.4, -0.2) is 47.4 Å². The predicted octanol–water partition coefficient (Wildman–Crippen LogP) is 19.8. The van der Waals surface area contributed by atoms with Gasteiger partial charge in [0, 0.05) is 12.8 Å². The number of rotatable bonds is 59. The molecule has 0 spiro atoms. The van der Waals surface area contributed by atoms with Gasteiger partial charge in [0.05, 0.1) is 25.4 Å². The SMILES string of the molecule is CCCCCCCC/C=C\CCCCCCCCCCCC(=O)OCCCCCC/C=C\CCCC(=O)NC(CO)C(O)CCCCCCCCCCCCCCCCCCCCCCCCCCC. The summed E-state index contributed by atoms with van der Waals surface area (Å²) in [5.41, 5.74) is 0. The summed E-state index contributed by atoms with van der Waals surface area (Å²) in [6.07, 6.45) is 73.4. The van der Waals surface area contributed by atoms with E-state index >= 15 is 0 Å². The Balaban J connectivity index is 3.49. The molecule has 0 radical (unpaired) electrons. The van der Waals surface area contributed by atoms with Gasteiger partial charge in [0.25, 0.3) is 0 Å². The van der Waals surface area contributed by atoms with E-state index in [-0.39, 0.29) is 18.5 Å². The van der Waals surface area contributed by atoms with Crippen LogP contribution in [0.3, 0.4) is 0 Å². The van der Waals surface area contributed by atoms with Gasteiger partial charge in [0.1, 0.15) is 0 Å². The van der Waals surface area contributed by atoms with Gasteiger partial charge in [-0.2, -0.15) is 0 Å². The Hall–Kier alpha value is -1.66. The number of amides is 1. The number of aliphatic hydroxyl groups excluding tert-OH is 2. The highest BCUT2D eigenvalue weighted by molar-refractivity contribution is 5.76. The molecule has 0 aliphatic carbocycles. The minimum Gasteiger partial charge on any atom is -0.466 e. The molecular weight excluding hydrogens is 863 g/mol. The van der Waals surface area contributed by atoms with E-state index in [1.807, 2.05) is 0 Å². The van der Waals surface area contributed by atoms with Crippen LogP contribution in [0.25, 0.3) is 0 Å². The van der Waals surface area contributed by atoms with Crippen molar-refractivity contribution in [1.82, 2.24) is 5.32 Å². The van der Waals surface area contributed by atoms with Crippen molar-refractivity contribution in [3.8, 4) is 0 Å². The van der Waals surface area contributed by atoms with Gasteiger partial charge in [-0.15, -0.1) is 0 Å². The molecule has 6 nitrogen and oxygen atoms in total. The maximum absolute atomic E-state index is 12.5. The molecule has 2 unspecified atom stereocenters. The van der Waals surface area contributed by atoms with Gasteiger partial charge in [-0.1, -0.05) is 289 Å². The molecule has 0 aromatic carbocycles. The molecule has 70 heavy (non-hydrogen) atoms. The van der Waals surface area contributed by atoms with Crippen LogP contribution in [0.2, 0.25) is 0 Å². The van der Waals surface area contributed by atoms with Crippen molar-refractivity contribution in [2.75, 3.05) is 13.2 Å². The zero-order valence-corrected chi connectivity index (χ0v) is 47.3. The van der Waals surface area contributed by atoms with E-state index in [1.54, 1.807) is 0 Å². The molecule has 0 saturated carbocycles. The number of hydrogen-bond acceptors (Lipinski definition) is 5. The van der Waals surface area contributed by atoms with Gasteiger partial charge < -0.3 is 20.3 Å². The first-order valence-electron chi connectivity index (χ1n) is 31.6. The topological polar surface area (TPSA) is 95.9 Å². The lowest BCUT2D eigenvalue weighted by Gasteiger charge is -2.22. The molecule has 0 aliphatic heterocycles. The van der Waals surface area contributed by atoms with Crippen molar-refractivity contribution in [3.63, 3.8) is 0 Å². The third-order valence-electron chi connectivity index (χ3n) is 14.7. The van der Waals surface area contributed by atoms with Crippen LogP contribution < -0.4 is 5.32 Å². The highest BCUT2D eigenvalue weighted by Gasteiger charge is 2.20. The summed E-state index contributed by atoms with van der Waals surface area (Å²) in [7, 11) is 0. The number of nitrogens with one attached hydrogen (secondary N) is 1. The average molecular weight is 987 g/mol. The van der Waals surface area contributed by atoms with Crippen molar-refractivity contribution >= 4 is 11.9 Å². The van der Waals surface area contributed by atoms with Gasteiger partial charge >= 0.3 is 5.97 Å². The number of allylic oxidation sites excluding steroid dienone is 4. The van der Waals surface area contributed by atoms with Crippen molar-refractivity contribution in [1.29, 1.82) is 0 Å². The van der Waals surface area contributed by atoms with Crippen molar-refractivity contribution in [2.45, 2.75) is 360 Å². The second kappa shape index (κ2) is 59.9. The van der Waals surface area contributed by atoms with E-state index in [0.717, 1.165) is 70.6 Å². The number of aliphatic hydroxyl groups is 2. The minimum absolute atomic E-state index is 0.0348. The normalized spacial score (nSPS) is 12.7. The van der Waals surface area contributed by atoms with Crippen LogP contribution in [0, 0.1) is 0 Å². The number of ether oxygens (including phenoxy) is 1. The predicted molar refractivity (Wildman–Crippen MR) is 306 cm³/mol. The molecule has 0 aliphatic rings. The number of carbonyl (C=O) groups is 2. The van der Waals surface area contributed by atoms with Crippen LogP contribution in [0.4, 0.5) is 0 Å². The summed E-state index contributed by atoms with van der Waals surface area (Å²) in [6.45, 7) is 4.89. The van der Waals surface area contributed by atoms with Gasteiger partial charge in [-0.05, 0) is 70.6 Å². The quantitative estimate of drug-likeness (QED) is 0.0321. The molecule has 1 amide bonds. The van der Waals surface area contributed by atoms with E-state index in [2.05, 4.69) is 43.5 Å². The summed E-state index contributed by atoms with van der Waals surface area (Å²) < 4.78 is 5.47. The molecule has 0 saturated heterocycles. The van der Waals surface area contributed by atoms with Crippen LogP contribution in [0.1, 0.15) is 348 Å². The second-order valence-corrected chi connectivity index (χ2v) is 21.7. The van der Waals surface area contributed by atoms with E-state index in [1.165, 1.54) is 244 Å². The number of hydrogen-bond donors (Lipinski definition) is 3. The summed E-state index contributed by atoms with van der Waals surface area (Å²) in [4.78, 5) is 24.6. The van der Waals surface area contributed by atoms with Gasteiger partial charge in [0.2, 0.25) is 5.91 Å². The highest BCUT2D eigenvalue weighted by atomic mass is 16.5. The van der Waals surface area contributed by atoms with Crippen molar-refractivity contribution < 1.29 is 24.5 Å². The lowest BCUT2D eigenvalue weighted by molar-refractivity contribution is -0.143. The van der Waals surface area contributed by atoms with Gasteiger partial charge in [-0.25, -0.2) is 0 Å². The Morgan fingerprint density at radius 3 is 1.04 bits per heavy atom. The number of unbranched alkanes of at least 4 members (excludes halogenated alkanes) is 44. The monoisotopic (exact) mass is 986 g/mol. The smallest absolute Gasteiger partial charge is 0.305 e. The van der Waals surface area contributed by atoms with Crippen LogP contribution in [0.5, 0.6) is 0 Å². The fraction of sp³-hybridized carbons (Fsp3) is 0.906. The molecule has 6 heteroatoms. The third-order valence-corrected chi connectivity index (χ3v) is 14.7.